The van der Waals surface area contributed by atoms with Crippen molar-refractivity contribution in [3.63, 3.8) is 0 Å². The lowest BCUT2D eigenvalue weighted by Gasteiger charge is -2.24. The van der Waals surface area contributed by atoms with Crippen molar-refractivity contribution in [1.29, 1.82) is 0 Å². The van der Waals surface area contributed by atoms with Crippen molar-refractivity contribution in [2.75, 3.05) is 26.2 Å². The zero-order valence-electron chi connectivity index (χ0n) is 17.3. The smallest absolute Gasteiger partial charge is 0.325 e. The molecule has 0 aromatic rings. The van der Waals surface area contributed by atoms with Gasteiger partial charge in [0.15, 0.2) is 0 Å². The molecule has 0 aliphatic heterocycles. The van der Waals surface area contributed by atoms with Crippen LogP contribution in [0, 0.1) is 0 Å². The minimum absolute atomic E-state index is 0.0778. The number of unbranched alkanes of at least 4 members (excludes halogenated alkanes) is 1. The zero-order valence-corrected chi connectivity index (χ0v) is 17.3. The summed E-state index contributed by atoms with van der Waals surface area (Å²) in [7, 11) is 0. The molecule has 166 valence electrons. The second-order valence-corrected chi connectivity index (χ2v) is 7.22. The molecule has 4 N–H and O–H groups in total. The Morgan fingerprint density at radius 3 is 1.11 bits per heavy atom. The lowest BCUT2D eigenvalue weighted by molar-refractivity contribution is -0.202. The van der Waals surface area contributed by atoms with Crippen LogP contribution in [0.2, 0.25) is 0 Å². The molecule has 0 rings (SSSR count). The van der Waals surface area contributed by atoms with Gasteiger partial charge in [-0.1, -0.05) is 0 Å². The molecule has 0 heterocycles. The second-order valence-electron chi connectivity index (χ2n) is 7.22. The van der Waals surface area contributed by atoms with Crippen molar-refractivity contribution in [2.24, 2.45) is 0 Å². The van der Waals surface area contributed by atoms with Crippen LogP contribution in [-0.2, 0) is 19.3 Å². The minimum Gasteiger partial charge on any atom is -0.392 e. The van der Waals surface area contributed by atoms with Crippen molar-refractivity contribution in [2.45, 2.75) is 77.8 Å². The number of hydroxylamine groups is 4. The summed E-state index contributed by atoms with van der Waals surface area (Å²) >= 11 is 0. The van der Waals surface area contributed by atoms with Crippen LogP contribution in [0.25, 0.3) is 0 Å². The Hall–Kier alpha value is -1.30. The molecule has 0 spiro atoms. The zero-order chi connectivity index (χ0) is 21.7. The van der Waals surface area contributed by atoms with Gasteiger partial charge in [0.05, 0.1) is 50.6 Å². The van der Waals surface area contributed by atoms with E-state index in [-0.39, 0.29) is 39.0 Å². The molecule has 0 aliphatic rings. The standard InChI is InChI=1S/C18H36N2O8/c1-13(21)9-19(10-14(2)22)27-17(25)7-5-6-8-18(26)28-20(11-15(3)23)12-16(4)24/h13-16,21-24H,5-12H2,1-4H3. The molecular formula is C18H36N2O8. The summed E-state index contributed by atoms with van der Waals surface area (Å²) in [6.07, 6.45) is -1.90. The molecule has 0 aliphatic carbocycles. The van der Waals surface area contributed by atoms with E-state index in [1.54, 1.807) is 27.7 Å². The first kappa shape index (κ1) is 26.7. The fraction of sp³-hybridized carbons (Fsp3) is 0.889. The van der Waals surface area contributed by atoms with Gasteiger partial charge in [-0.15, -0.1) is 10.1 Å². The van der Waals surface area contributed by atoms with Crippen LogP contribution < -0.4 is 0 Å². The van der Waals surface area contributed by atoms with E-state index < -0.39 is 36.4 Å². The maximum absolute atomic E-state index is 11.9. The Morgan fingerprint density at radius 1 is 0.643 bits per heavy atom. The van der Waals surface area contributed by atoms with Crippen LogP contribution in [0.15, 0.2) is 0 Å². The molecule has 10 heteroatoms. The third-order valence-corrected chi connectivity index (χ3v) is 3.35. The quantitative estimate of drug-likeness (QED) is 0.209. The van der Waals surface area contributed by atoms with Crippen molar-refractivity contribution < 1.29 is 39.7 Å². The number of aliphatic hydroxyl groups excluding tert-OH is 4. The summed E-state index contributed by atoms with van der Waals surface area (Å²) < 4.78 is 0. The van der Waals surface area contributed by atoms with E-state index in [1.165, 1.54) is 10.1 Å². The molecule has 4 atom stereocenters. The van der Waals surface area contributed by atoms with Gasteiger partial charge in [0.25, 0.3) is 0 Å². The molecule has 4 unspecified atom stereocenters. The van der Waals surface area contributed by atoms with Gasteiger partial charge in [0.1, 0.15) is 0 Å². The highest BCUT2D eigenvalue weighted by molar-refractivity contribution is 5.70. The van der Waals surface area contributed by atoms with E-state index in [0.29, 0.717) is 12.8 Å². The van der Waals surface area contributed by atoms with Crippen molar-refractivity contribution in [3.8, 4) is 0 Å². The Bertz CT molecular complexity index is 383. The first-order valence-corrected chi connectivity index (χ1v) is 9.63. The maximum atomic E-state index is 11.9. The fourth-order valence-electron chi connectivity index (χ4n) is 2.39. The number of aliphatic hydroxyl groups is 4. The number of carbonyl (C=O) groups excluding carboxylic acids is 2. The Balaban J connectivity index is 4.19. The molecule has 0 saturated heterocycles. The predicted octanol–water partition coefficient (Wildman–Crippen LogP) is -0.410. The average Bonchev–Trinajstić information content (AvgIpc) is 2.48. The van der Waals surface area contributed by atoms with Gasteiger partial charge in [-0.2, -0.15) is 0 Å². The normalized spacial score (nSPS) is 15.9. The molecule has 0 amide bonds. The summed E-state index contributed by atoms with van der Waals surface area (Å²) in [6.45, 7) is 6.55. The van der Waals surface area contributed by atoms with Gasteiger partial charge in [0.2, 0.25) is 0 Å². The van der Waals surface area contributed by atoms with E-state index in [4.69, 9.17) is 9.68 Å². The Kier molecular flexibility index (Phi) is 14.0. The monoisotopic (exact) mass is 408 g/mol. The largest absolute Gasteiger partial charge is 0.392 e. The van der Waals surface area contributed by atoms with Crippen LogP contribution in [0.3, 0.4) is 0 Å². The van der Waals surface area contributed by atoms with E-state index in [1.807, 2.05) is 0 Å². The van der Waals surface area contributed by atoms with Crippen molar-refractivity contribution >= 4 is 11.9 Å². The Labute approximate surface area is 166 Å². The lowest BCUT2D eigenvalue weighted by Crippen LogP contribution is -2.38. The maximum Gasteiger partial charge on any atom is 0.325 e. The average molecular weight is 408 g/mol. The van der Waals surface area contributed by atoms with Gasteiger partial charge >= 0.3 is 11.9 Å². The number of nitrogens with zero attached hydrogens (tertiary/aromatic N) is 2. The van der Waals surface area contributed by atoms with Gasteiger partial charge in [0, 0.05) is 12.8 Å². The van der Waals surface area contributed by atoms with Gasteiger partial charge in [-0.25, -0.2) is 0 Å². The minimum atomic E-state index is -0.715. The van der Waals surface area contributed by atoms with Crippen molar-refractivity contribution in [3.05, 3.63) is 0 Å². The third kappa shape index (κ3) is 15.7. The molecular weight excluding hydrogens is 372 g/mol. The molecule has 0 fully saturated rings. The van der Waals surface area contributed by atoms with Crippen LogP contribution >= 0.6 is 0 Å². The molecule has 0 saturated carbocycles. The van der Waals surface area contributed by atoms with E-state index in [0.717, 1.165) is 0 Å². The summed E-state index contributed by atoms with van der Waals surface area (Å²) in [5, 5.41) is 40.1. The SMILES string of the molecule is CC(O)CN(CC(C)O)OC(=O)CCCCC(=O)ON(CC(C)O)CC(C)O. The highest BCUT2D eigenvalue weighted by Crippen LogP contribution is 2.07. The summed E-state index contributed by atoms with van der Waals surface area (Å²) in [4.78, 5) is 34.0. The number of rotatable bonds is 15. The van der Waals surface area contributed by atoms with Crippen molar-refractivity contribution in [1.82, 2.24) is 10.1 Å². The van der Waals surface area contributed by atoms with Gasteiger partial charge in [-0.3, -0.25) is 9.59 Å². The molecule has 0 bridgehead atoms. The highest BCUT2D eigenvalue weighted by atomic mass is 16.7. The molecule has 28 heavy (non-hydrogen) atoms. The number of hydrogen-bond acceptors (Lipinski definition) is 10. The summed E-state index contributed by atoms with van der Waals surface area (Å²) in [6, 6.07) is 0. The molecule has 10 nitrogen and oxygen atoms in total. The van der Waals surface area contributed by atoms with Crippen LogP contribution in [0.1, 0.15) is 53.4 Å². The predicted molar refractivity (Wildman–Crippen MR) is 101 cm³/mol. The Morgan fingerprint density at radius 2 is 0.893 bits per heavy atom. The lowest BCUT2D eigenvalue weighted by atomic mass is 10.2. The van der Waals surface area contributed by atoms with E-state index in [9.17, 15) is 30.0 Å². The van der Waals surface area contributed by atoms with Crippen LogP contribution in [0.5, 0.6) is 0 Å². The van der Waals surface area contributed by atoms with E-state index >= 15 is 0 Å². The molecule has 0 aromatic carbocycles. The molecule has 0 radical (unpaired) electrons. The van der Waals surface area contributed by atoms with Gasteiger partial charge < -0.3 is 30.1 Å². The van der Waals surface area contributed by atoms with Crippen LogP contribution in [-0.4, -0.2) is 93.1 Å². The first-order valence-electron chi connectivity index (χ1n) is 9.63. The van der Waals surface area contributed by atoms with E-state index in [2.05, 4.69) is 0 Å². The number of carbonyl (C=O) groups is 2. The first-order chi connectivity index (χ1) is 13.0. The highest BCUT2D eigenvalue weighted by Gasteiger charge is 2.18. The topological polar surface area (TPSA) is 140 Å². The van der Waals surface area contributed by atoms with Crippen LogP contribution in [0.4, 0.5) is 0 Å². The number of hydrogen-bond donors (Lipinski definition) is 4. The van der Waals surface area contributed by atoms with Gasteiger partial charge in [-0.05, 0) is 40.5 Å². The summed E-state index contributed by atoms with van der Waals surface area (Å²) in [5.41, 5.74) is 0. The summed E-state index contributed by atoms with van der Waals surface area (Å²) in [5.74, 6) is -1.03. The second kappa shape index (κ2) is 14.7. The molecule has 0 aromatic heterocycles. The fourth-order valence-corrected chi connectivity index (χ4v) is 2.39. The third-order valence-electron chi connectivity index (χ3n) is 3.35.